The predicted octanol–water partition coefficient (Wildman–Crippen LogP) is 4.47. The minimum absolute atomic E-state index is 0.369. The zero-order chi connectivity index (χ0) is 12.3. The van der Waals surface area contributed by atoms with Crippen molar-refractivity contribution in [1.29, 1.82) is 0 Å². The number of hydrogen-bond donors (Lipinski definition) is 0. The molecule has 0 nitrogen and oxygen atoms in total. The molecule has 0 unspecified atom stereocenters. The molecule has 1 rings (SSSR count). The van der Waals surface area contributed by atoms with E-state index in [9.17, 15) is 13.2 Å². The van der Waals surface area contributed by atoms with Gasteiger partial charge in [-0.1, -0.05) is 26.8 Å². The highest BCUT2D eigenvalue weighted by Gasteiger charge is 2.30. The molecule has 0 atom stereocenters. The van der Waals surface area contributed by atoms with E-state index in [0.717, 1.165) is 17.5 Å². The summed E-state index contributed by atoms with van der Waals surface area (Å²) >= 11 is 0. The smallest absolute Gasteiger partial charge is 0.166 e. The molecule has 0 bridgehead atoms. The monoisotopic (exact) mass is 230 g/mol. The van der Waals surface area contributed by atoms with Crippen molar-refractivity contribution in [3.63, 3.8) is 0 Å². The van der Waals surface area contributed by atoms with Gasteiger partial charge in [-0.3, -0.25) is 0 Å². The first-order valence-corrected chi connectivity index (χ1v) is 5.53. The lowest BCUT2D eigenvalue weighted by Gasteiger charge is -2.14. The van der Waals surface area contributed by atoms with Gasteiger partial charge in [0.1, 0.15) is 0 Å². The van der Waals surface area contributed by atoms with E-state index in [-0.39, 0.29) is 0 Å². The molecule has 0 saturated carbocycles. The van der Waals surface area contributed by atoms with Crippen LogP contribution >= 0.6 is 0 Å². The average Bonchev–Trinajstić information content (AvgIpc) is 2.15. The maximum absolute atomic E-state index is 12.5. The molecule has 0 amide bonds. The van der Waals surface area contributed by atoms with Crippen molar-refractivity contribution >= 4 is 0 Å². The lowest BCUT2D eigenvalue weighted by atomic mass is 9.94. The molecule has 3 heteroatoms. The fourth-order valence-corrected chi connectivity index (χ4v) is 1.78. The summed E-state index contributed by atoms with van der Waals surface area (Å²) in [5.74, 6) is 0.369. The van der Waals surface area contributed by atoms with Gasteiger partial charge in [-0.2, -0.15) is 13.2 Å². The van der Waals surface area contributed by atoms with Gasteiger partial charge >= 0.3 is 6.18 Å². The summed E-state index contributed by atoms with van der Waals surface area (Å²) in [5.41, 5.74) is 1.30. The molecule has 90 valence electrons. The van der Waals surface area contributed by atoms with Crippen LogP contribution in [0.1, 0.15) is 37.5 Å². The Morgan fingerprint density at radius 1 is 1.12 bits per heavy atom. The summed E-state index contributed by atoms with van der Waals surface area (Å²) in [5, 5.41) is 0. The number of aryl methyl sites for hydroxylation is 1. The van der Waals surface area contributed by atoms with Gasteiger partial charge in [0.05, 0.1) is 5.56 Å². The van der Waals surface area contributed by atoms with Crippen LogP contribution in [0, 0.1) is 5.92 Å². The Morgan fingerprint density at radius 2 is 1.75 bits per heavy atom. The number of hydrogen-bond acceptors (Lipinski definition) is 0. The second-order valence-corrected chi connectivity index (χ2v) is 4.43. The van der Waals surface area contributed by atoms with Crippen molar-refractivity contribution in [2.45, 2.75) is 39.8 Å². The molecule has 16 heavy (non-hydrogen) atoms. The maximum Gasteiger partial charge on any atom is 0.416 e. The van der Waals surface area contributed by atoms with Gasteiger partial charge in [-0.05, 0) is 42.0 Å². The van der Waals surface area contributed by atoms with E-state index in [0.29, 0.717) is 12.3 Å². The quantitative estimate of drug-likeness (QED) is 0.718. The summed E-state index contributed by atoms with van der Waals surface area (Å²) in [6.07, 6.45) is -2.76. The fraction of sp³-hybridized carbons (Fsp3) is 0.538. The minimum atomic E-state index is -4.24. The molecule has 0 aliphatic heterocycles. The molecule has 0 fully saturated rings. The molecular weight excluding hydrogens is 213 g/mol. The Kier molecular flexibility index (Phi) is 4.00. The minimum Gasteiger partial charge on any atom is -0.166 e. The summed E-state index contributed by atoms with van der Waals surface area (Å²) in [7, 11) is 0. The van der Waals surface area contributed by atoms with Crippen molar-refractivity contribution in [1.82, 2.24) is 0 Å². The molecule has 0 spiro atoms. The molecule has 0 saturated heterocycles. The molecule has 0 aliphatic rings. The zero-order valence-electron chi connectivity index (χ0n) is 9.86. The van der Waals surface area contributed by atoms with Crippen molar-refractivity contribution < 1.29 is 13.2 Å². The summed E-state index contributed by atoms with van der Waals surface area (Å²) in [6, 6.07) is 4.06. The van der Waals surface area contributed by atoms with Crippen LogP contribution in [-0.4, -0.2) is 0 Å². The first-order valence-electron chi connectivity index (χ1n) is 5.53. The van der Waals surface area contributed by atoms with Crippen LogP contribution in [0.4, 0.5) is 13.2 Å². The average molecular weight is 230 g/mol. The highest BCUT2D eigenvalue weighted by Crippen LogP contribution is 2.31. The largest absolute Gasteiger partial charge is 0.416 e. The van der Waals surface area contributed by atoms with Crippen LogP contribution in [0.25, 0.3) is 0 Å². The topological polar surface area (TPSA) is 0 Å². The van der Waals surface area contributed by atoms with Crippen molar-refractivity contribution in [2.24, 2.45) is 5.92 Å². The predicted molar refractivity (Wildman–Crippen MR) is 59.4 cm³/mol. The molecule has 0 N–H and O–H groups in total. The van der Waals surface area contributed by atoms with Crippen LogP contribution in [0.15, 0.2) is 18.2 Å². The van der Waals surface area contributed by atoms with Gasteiger partial charge in [0.15, 0.2) is 0 Å². The highest BCUT2D eigenvalue weighted by molar-refractivity contribution is 5.33. The third kappa shape index (κ3) is 3.26. The zero-order valence-corrected chi connectivity index (χ0v) is 9.86. The number of alkyl halides is 3. The van der Waals surface area contributed by atoms with Gasteiger partial charge < -0.3 is 0 Å². The molecule has 0 aromatic heterocycles. The van der Waals surface area contributed by atoms with Crippen LogP contribution in [0.3, 0.4) is 0 Å². The van der Waals surface area contributed by atoms with Crippen LogP contribution < -0.4 is 0 Å². The number of rotatable bonds is 3. The first-order chi connectivity index (χ1) is 7.34. The van der Waals surface area contributed by atoms with E-state index < -0.39 is 11.7 Å². The third-order valence-corrected chi connectivity index (χ3v) is 2.54. The van der Waals surface area contributed by atoms with Gasteiger partial charge in [0.2, 0.25) is 0 Å². The van der Waals surface area contributed by atoms with Crippen LogP contribution in [0.5, 0.6) is 0 Å². The summed E-state index contributed by atoms with van der Waals surface area (Å²) in [6.45, 7) is 5.99. The molecule has 1 aromatic carbocycles. The van der Waals surface area contributed by atoms with Gasteiger partial charge in [-0.25, -0.2) is 0 Å². The fourth-order valence-electron chi connectivity index (χ4n) is 1.78. The van der Waals surface area contributed by atoms with Gasteiger partial charge in [-0.15, -0.1) is 0 Å². The van der Waals surface area contributed by atoms with Crippen LogP contribution in [-0.2, 0) is 19.0 Å². The molecular formula is C13H17F3. The Bertz CT molecular complexity index is 351. The maximum atomic E-state index is 12.5. The molecule has 1 aromatic rings. The number of halogens is 3. The van der Waals surface area contributed by atoms with Crippen LogP contribution in [0.2, 0.25) is 0 Å². The Morgan fingerprint density at radius 3 is 2.19 bits per heavy atom. The second kappa shape index (κ2) is 4.89. The third-order valence-electron chi connectivity index (χ3n) is 2.54. The lowest BCUT2D eigenvalue weighted by Crippen LogP contribution is -2.08. The van der Waals surface area contributed by atoms with Crippen molar-refractivity contribution in [3.8, 4) is 0 Å². The first kappa shape index (κ1) is 13.1. The van der Waals surface area contributed by atoms with E-state index >= 15 is 0 Å². The summed E-state index contributed by atoms with van der Waals surface area (Å²) in [4.78, 5) is 0. The number of benzene rings is 1. The van der Waals surface area contributed by atoms with E-state index in [1.807, 2.05) is 20.8 Å². The SMILES string of the molecule is CCc1ccc(C(F)(F)F)cc1CC(C)C. The van der Waals surface area contributed by atoms with Crippen molar-refractivity contribution in [2.75, 3.05) is 0 Å². The Hall–Kier alpha value is -0.990. The van der Waals surface area contributed by atoms with Crippen molar-refractivity contribution in [3.05, 3.63) is 34.9 Å². The second-order valence-electron chi connectivity index (χ2n) is 4.43. The normalized spacial score (nSPS) is 12.2. The Labute approximate surface area is 94.5 Å². The molecule has 0 radical (unpaired) electrons. The van der Waals surface area contributed by atoms with E-state index in [4.69, 9.17) is 0 Å². The standard InChI is InChI=1S/C13H17F3/c1-4-10-5-6-12(13(14,15)16)8-11(10)7-9(2)3/h5-6,8-9H,4,7H2,1-3H3. The van der Waals surface area contributed by atoms with E-state index in [1.165, 1.54) is 12.1 Å². The molecule has 0 aliphatic carbocycles. The summed E-state index contributed by atoms with van der Waals surface area (Å²) < 4.78 is 37.6. The lowest BCUT2D eigenvalue weighted by molar-refractivity contribution is -0.137. The van der Waals surface area contributed by atoms with E-state index in [2.05, 4.69) is 0 Å². The highest BCUT2D eigenvalue weighted by atomic mass is 19.4. The van der Waals surface area contributed by atoms with E-state index in [1.54, 1.807) is 6.07 Å². The Balaban J connectivity index is 3.11. The van der Waals surface area contributed by atoms with Gasteiger partial charge in [0.25, 0.3) is 0 Å². The van der Waals surface area contributed by atoms with Gasteiger partial charge in [0, 0.05) is 0 Å². The molecule has 0 heterocycles.